The normalized spacial score (nSPS) is 33.5. The van der Waals surface area contributed by atoms with Crippen LogP contribution < -0.4 is 10.5 Å². The molecular formula is C31H40N2O. The van der Waals surface area contributed by atoms with Crippen LogP contribution in [0.3, 0.4) is 0 Å². The molecule has 4 atom stereocenters. The molecule has 2 aromatic carbocycles. The third-order valence-electron chi connectivity index (χ3n) is 9.49. The molecule has 4 fully saturated rings. The number of benzene rings is 2. The summed E-state index contributed by atoms with van der Waals surface area (Å²) in [4.78, 5) is 5.26. The number of nitrogens with zero attached hydrogens (tertiary/aromatic N) is 1. The Bertz CT molecular complexity index is 1060. The molecule has 3 unspecified atom stereocenters. The molecule has 34 heavy (non-hydrogen) atoms. The van der Waals surface area contributed by atoms with E-state index in [0.717, 1.165) is 48.5 Å². The van der Waals surface area contributed by atoms with Crippen LogP contribution in [0, 0.1) is 23.7 Å². The standard InChI is InChI=1S/C31H40N2O/c1-3-4-5-26-16-24-17-27(34-2)10-11-28(24)30(33-26)23-8-6-20(7-9-23)15-29-25-13-21-12-22(14-25)19-31(29,32)18-21/h6-11,17,21-22,25-26,29H,3-5,12-16,18-19,32H2,1-2H3/t21?,22?,25?,26-,29?,31?/m0/s1. The highest BCUT2D eigenvalue weighted by Crippen LogP contribution is 2.58. The lowest BCUT2D eigenvalue weighted by Gasteiger charge is -2.60. The first-order chi connectivity index (χ1) is 16.5. The fourth-order valence-electron chi connectivity index (χ4n) is 8.12. The van der Waals surface area contributed by atoms with Crippen molar-refractivity contribution in [3.8, 4) is 5.75 Å². The fraction of sp³-hybridized carbons (Fsp3) is 0.581. The molecule has 0 radical (unpaired) electrons. The molecule has 0 spiro atoms. The summed E-state index contributed by atoms with van der Waals surface area (Å²) >= 11 is 0. The van der Waals surface area contributed by atoms with Gasteiger partial charge in [0.05, 0.1) is 18.9 Å². The molecule has 5 aliphatic rings. The van der Waals surface area contributed by atoms with Gasteiger partial charge in [-0.3, -0.25) is 4.99 Å². The smallest absolute Gasteiger partial charge is 0.119 e. The van der Waals surface area contributed by atoms with Gasteiger partial charge in [-0.1, -0.05) is 44.0 Å². The van der Waals surface area contributed by atoms with Crippen LogP contribution >= 0.6 is 0 Å². The lowest BCUT2D eigenvalue weighted by Crippen LogP contribution is -2.62. The average molecular weight is 457 g/mol. The Labute approximate surface area is 205 Å². The maximum absolute atomic E-state index is 7.06. The first-order valence-corrected chi connectivity index (χ1v) is 13.7. The zero-order chi connectivity index (χ0) is 23.3. The Balaban J connectivity index is 1.25. The zero-order valence-electron chi connectivity index (χ0n) is 20.9. The lowest BCUT2D eigenvalue weighted by molar-refractivity contribution is -0.0549. The van der Waals surface area contributed by atoms with Crippen LogP contribution in [-0.4, -0.2) is 24.4 Å². The van der Waals surface area contributed by atoms with Gasteiger partial charge in [0.2, 0.25) is 0 Å². The molecule has 3 heteroatoms. The summed E-state index contributed by atoms with van der Waals surface area (Å²) in [6.07, 6.45) is 12.6. The van der Waals surface area contributed by atoms with Gasteiger partial charge < -0.3 is 10.5 Å². The second-order valence-electron chi connectivity index (χ2n) is 11.8. The monoisotopic (exact) mass is 456 g/mol. The van der Waals surface area contributed by atoms with Crippen molar-refractivity contribution in [3.05, 3.63) is 64.7 Å². The predicted molar refractivity (Wildman–Crippen MR) is 140 cm³/mol. The van der Waals surface area contributed by atoms with Crippen molar-refractivity contribution < 1.29 is 4.74 Å². The van der Waals surface area contributed by atoms with Crippen LogP contribution in [0.5, 0.6) is 5.75 Å². The topological polar surface area (TPSA) is 47.6 Å². The van der Waals surface area contributed by atoms with E-state index in [2.05, 4.69) is 49.4 Å². The summed E-state index contributed by atoms with van der Waals surface area (Å²) in [6.45, 7) is 2.26. The van der Waals surface area contributed by atoms with Crippen molar-refractivity contribution in [1.82, 2.24) is 0 Å². The number of rotatable bonds is 7. The summed E-state index contributed by atoms with van der Waals surface area (Å²) in [6, 6.07) is 16.2. The van der Waals surface area contributed by atoms with E-state index in [1.807, 2.05) is 0 Å². The van der Waals surface area contributed by atoms with Gasteiger partial charge in [0, 0.05) is 16.7 Å². The summed E-state index contributed by atoms with van der Waals surface area (Å²) < 4.78 is 5.52. The number of hydrogen-bond acceptors (Lipinski definition) is 3. The van der Waals surface area contributed by atoms with E-state index < -0.39 is 0 Å². The van der Waals surface area contributed by atoms with Crippen molar-refractivity contribution >= 4 is 5.71 Å². The summed E-state index contributed by atoms with van der Waals surface area (Å²) in [5.74, 6) is 4.26. The average Bonchev–Trinajstić information content (AvgIpc) is 2.84. The first kappa shape index (κ1) is 22.3. The quantitative estimate of drug-likeness (QED) is 0.528. The van der Waals surface area contributed by atoms with Crippen LogP contribution in [0.2, 0.25) is 0 Å². The van der Waals surface area contributed by atoms with E-state index in [9.17, 15) is 0 Å². The van der Waals surface area contributed by atoms with Crippen molar-refractivity contribution in [2.75, 3.05) is 7.11 Å². The molecule has 4 bridgehead atoms. The van der Waals surface area contributed by atoms with Crippen molar-refractivity contribution in [2.45, 2.75) is 82.7 Å². The van der Waals surface area contributed by atoms with Crippen molar-refractivity contribution in [2.24, 2.45) is 34.4 Å². The second kappa shape index (κ2) is 8.82. The summed E-state index contributed by atoms with van der Waals surface area (Å²) in [5, 5.41) is 0. The molecule has 1 heterocycles. The van der Waals surface area contributed by atoms with Gasteiger partial charge in [0.25, 0.3) is 0 Å². The largest absolute Gasteiger partial charge is 0.497 e. The minimum absolute atomic E-state index is 0.0887. The van der Waals surface area contributed by atoms with Gasteiger partial charge in [-0.05, 0) is 104 Å². The molecule has 2 aromatic rings. The van der Waals surface area contributed by atoms with Gasteiger partial charge in [-0.2, -0.15) is 0 Å². The van der Waals surface area contributed by atoms with Crippen molar-refractivity contribution in [1.29, 1.82) is 0 Å². The third kappa shape index (κ3) is 4.00. The van der Waals surface area contributed by atoms with Gasteiger partial charge in [0.15, 0.2) is 0 Å². The molecule has 0 aromatic heterocycles. The van der Waals surface area contributed by atoms with Gasteiger partial charge in [-0.25, -0.2) is 0 Å². The van der Waals surface area contributed by atoms with Gasteiger partial charge in [-0.15, -0.1) is 0 Å². The van der Waals surface area contributed by atoms with E-state index in [-0.39, 0.29) is 5.54 Å². The van der Waals surface area contributed by atoms with Crippen LogP contribution in [-0.2, 0) is 12.8 Å². The second-order valence-corrected chi connectivity index (χ2v) is 11.8. The van der Waals surface area contributed by atoms with E-state index in [1.54, 1.807) is 7.11 Å². The maximum Gasteiger partial charge on any atom is 0.119 e. The van der Waals surface area contributed by atoms with Crippen LogP contribution in [0.1, 0.15) is 80.5 Å². The zero-order valence-corrected chi connectivity index (χ0v) is 20.9. The highest BCUT2D eigenvalue weighted by Gasteiger charge is 2.54. The maximum atomic E-state index is 7.06. The Hall–Kier alpha value is -2.13. The van der Waals surface area contributed by atoms with Crippen LogP contribution in [0.25, 0.3) is 0 Å². The fourth-order valence-corrected chi connectivity index (χ4v) is 8.12. The minimum Gasteiger partial charge on any atom is -0.497 e. The molecular weight excluding hydrogens is 416 g/mol. The number of nitrogens with two attached hydrogens (primary N) is 1. The predicted octanol–water partition coefficient (Wildman–Crippen LogP) is 6.34. The molecule has 0 saturated heterocycles. The highest BCUT2D eigenvalue weighted by molar-refractivity contribution is 6.14. The van der Waals surface area contributed by atoms with Gasteiger partial charge in [0.1, 0.15) is 5.75 Å². The van der Waals surface area contributed by atoms with E-state index in [0.29, 0.717) is 12.0 Å². The summed E-state index contributed by atoms with van der Waals surface area (Å²) in [5.41, 5.74) is 13.6. The molecule has 1 aliphatic heterocycles. The Morgan fingerprint density at radius 1 is 1.03 bits per heavy atom. The Morgan fingerprint density at radius 3 is 2.47 bits per heavy atom. The molecule has 4 saturated carbocycles. The lowest BCUT2D eigenvalue weighted by atomic mass is 9.48. The molecule has 4 aliphatic carbocycles. The van der Waals surface area contributed by atoms with E-state index in [1.165, 1.54) is 67.2 Å². The molecule has 0 amide bonds. The summed E-state index contributed by atoms with van der Waals surface area (Å²) in [7, 11) is 1.75. The third-order valence-corrected chi connectivity index (χ3v) is 9.49. The minimum atomic E-state index is 0.0887. The SMILES string of the molecule is CCCC[C@H]1Cc2cc(OC)ccc2C(c2ccc(CC3C4CC5CC(C4)CC3(N)C5)cc2)=N1. The van der Waals surface area contributed by atoms with E-state index in [4.69, 9.17) is 15.5 Å². The number of unbranched alkanes of at least 4 members (excludes halogenated alkanes) is 1. The van der Waals surface area contributed by atoms with E-state index >= 15 is 0 Å². The molecule has 3 nitrogen and oxygen atoms in total. The number of fused-ring (bicyclic) bond motifs is 1. The number of aliphatic imine (C=N–C) groups is 1. The number of methoxy groups -OCH3 is 1. The molecule has 7 rings (SSSR count). The van der Waals surface area contributed by atoms with Crippen molar-refractivity contribution in [3.63, 3.8) is 0 Å². The number of ether oxygens (including phenoxy) is 1. The Kier molecular flexibility index (Phi) is 5.80. The van der Waals surface area contributed by atoms with Gasteiger partial charge >= 0.3 is 0 Å². The molecule has 2 N–H and O–H groups in total. The van der Waals surface area contributed by atoms with Crippen LogP contribution in [0.15, 0.2) is 47.5 Å². The first-order valence-electron chi connectivity index (χ1n) is 13.7. The Morgan fingerprint density at radius 2 is 1.79 bits per heavy atom. The van der Waals surface area contributed by atoms with Crippen LogP contribution in [0.4, 0.5) is 0 Å². The highest BCUT2D eigenvalue weighted by atomic mass is 16.5. The molecule has 180 valence electrons. The number of hydrogen-bond donors (Lipinski definition) is 1.